The number of carbonyl (C=O) groups is 1. The lowest BCUT2D eigenvalue weighted by Crippen LogP contribution is -2.35. The van der Waals surface area contributed by atoms with Gasteiger partial charge in [0, 0.05) is 18.5 Å². The molecular weight excluding hydrogens is 258 g/mol. The van der Waals surface area contributed by atoms with Gasteiger partial charge in [-0.3, -0.25) is 4.79 Å². The van der Waals surface area contributed by atoms with Crippen LogP contribution >= 0.6 is 11.3 Å². The van der Waals surface area contributed by atoms with Crippen LogP contribution in [0.1, 0.15) is 41.9 Å². The summed E-state index contributed by atoms with van der Waals surface area (Å²) in [6, 6.07) is 0.117. The SMILES string of the molecule is CCc1nc(C)c(C(C)N(C)C(=O)C2CCNC2)s1. The molecule has 5 heteroatoms. The summed E-state index contributed by atoms with van der Waals surface area (Å²) in [5.41, 5.74) is 1.07. The number of nitrogens with one attached hydrogen (secondary N) is 1. The molecule has 1 amide bonds. The average Bonchev–Trinajstić information content (AvgIpc) is 3.05. The first-order valence-electron chi connectivity index (χ1n) is 6.98. The lowest BCUT2D eigenvalue weighted by Gasteiger charge is -2.27. The van der Waals surface area contributed by atoms with Gasteiger partial charge < -0.3 is 10.2 Å². The molecular formula is C14H23N3OS. The van der Waals surface area contributed by atoms with Crippen molar-refractivity contribution in [1.29, 1.82) is 0 Å². The third kappa shape index (κ3) is 2.98. The van der Waals surface area contributed by atoms with Gasteiger partial charge in [-0.15, -0.1) is 11.3 Å². The maximum absolute atomic E-state index is 12.4. The number of rotatable bonds is 4. The normalized spacial score (nSPS) is 20.5. The number of carbonyl (C=O) groups excluding carboxylic acids is 1. The van der Waals surface area contributed by atoms with Crippen molar-refractivity contribution in [1.82, 2.24) is 15.2 Å². The van der Waals surface area contributed by atoms with E-state index in [4.69, 9.17) is 0 Å². The highest BCUT2D eigenvalue weighted by atomic mass is 32.1. The van der Waals surface area contributed by atoms with Gasteiger partial charge in [-0.2, -0.15) is 0 Å². The van der Waals surface area contributed by atoms with E-state index in [1.54, 1.807) is 11.3 Å². The zero-order valence-electron chi connectivity index (χ0n) is 12.2. The largest absolute Gasteiger partial charge is 0.338 e. The molecule has 106 valence electrons. The molecule has 2 unspecified atom stereocenters. The fraction of sp³-hybridized carbons (Fsp3) is 0.714. The second kappa shape index (κ2) is 6.01. The Morgan fingerprint density at radius 2 is 2.37 bits per heavy atom. The van der Waals surface area contributed by atoms with Gasteiger partial charge in [0.05, 0.1) is 22.7 Å². The Morgan fingerprint density at radius 3 is 2.89 bits per heavy atom. The monoisotopic (exact) mass is 281 g/mol. The Balaban J connectivity index is 2.10. The molecule has 1 saturated heterocycles. The molecule has 0 radical (unpaired) electrons. The summed E-state index contributed by atoms with van der Waals surface area (Å²) in [6.45, 7) is 8.03. The number of aromatic nitrogens is 1. The summed E-state index contributed by atoms with van der Waals surface area (Å²) in [5, 5.41) is 4.41. The molecule has 2 atom stereocenters. The minimum atomic E-state index is 0.117. The van der Waals surface area contributed by atoms with Crippen LogP contribution in [0.25, 0.3) is 0 Å². The van der Waals surface area contributed by atoms with Crippen LogP contribution in [-0.4, -0.2) is 35.9 Å². The van der Waals surface area contributed by atoms with Crippen LogP contribution in [0.2, 0.25) is 0 Å². The van der Waals surface area contributed by atoms with Gasteiger partial charge in [-0.1, -0.05) is 6.92 Å². The lowest BCUT2D eigenvalue weighted by atomic mass is 10.1. The number of aryl methyl sites for hydroxylation is 2. The van der Waals surface area contributed by atoms with Crippen molar-refractivity contribution in [3.8, 4) is 0 Å². The standard InChI is InChI=1S/C14H23N3OS/c1-5-12-16-9(2)13(19-12)10(3)17(4)14(18)11-6-7-15-8-11/h10-11,15H,5-8H2,1-4H3. The van der Waals surface area contributed by atoms with Crippen molar-refractivity contribution in [2.45, 2.75) is 39.7 Å². The van der Waals surface area contributed by atoms with Crippen molar-refractivity contribution in [3.63, 3.8) is 0 Å². The fourth-order valence-electron chi connectivity index (χ4n) is 2.52. The van der Waals surface area contributed by atoms with E-state index < -0.39 is 0 Å². The molecule has 1 aromatic heterocycles. The highest BCUT2D eigenvalue weighted by molar-refractivity contribution is 7.11. The Bertz CT molecular complexity index is 452. The Kier molecular flexibility index (Phi) is 4.58. The van der Waals surface area contributed by atoms with E-state index in [2.05, 4.69) is 24.1 Å². The Hall–Kier alpha value is -0.940. The first-order chi connectivity index (χ1) is 9.04. The quantitative estimate of drug-likeness (QED) is 0.919. The summed E-state index contributed by atoms with van der Waals surface area (Å²) in [5.74, 6) is 0.398. The van der Waals surface area contributed by atoms with Gasteiger partial charge in [0.2, 0.25) is 5.91 Å². The van der Waals surface area contributed by atoms with E-state index >= 15 is 0 Å². The molecule has 0 saturated carbocycles. The van der Waals surface area contributed by atoms with E-state index in [0.717, 1.165) is 36.6 Å². The van der Waals surface area contributed by atoms with Crippen LogP contribution in [-0.2, 0) is 11.2 Å². The zero-order valence-corrected chi connectivity index (χ0v) is 13.0. The van der Waals surface area contributed by atoms with Gasteiger partial charge in [0.1, 0.15) is 0 Å². The summed E-state index contributed by atoms with van der Waals surface area (Å²) in [6.07, 6.45) is 1.92. The molecule has 4 nitrogen and oxygen atoms in total. The van der Waals surface area contributed by atoms with Gasteiger partial charge >= 0.3 is 0 Å². The molecule has 2 heterocycles. The fourth-order valence-corrected chi connectivity index (χ4v) is 3.63. The van der Waals surface area contributed by atoms with Crippen molar-refractivity contribution < 1.29 is 4.79 Å². The third-order valence-electron chi connectivity index (χ3n) is 3.90. The summed E-state index contributed by atoms with van der Waals surface area (Å²) in [7, 11) is 1.91. The number of hydrogen-bond acceptors (Lipinski definition) is 4. The maximum Gasteiger partial charge on any atom is 0.227 e. The predicted octanol–water partition coefficient (Wildman–Crippen LogP) is 2.14. The molecule has 1 N–H and O–H groups in total. The highest BCUT2D eigenvalue weighted by Crippen LogP contribution is 2.30. The number of amides is 1. The molecule has 0 aromatic carbocycles. The molecule has 19 heavy (non-hydrogen) atoms. The molecule has 1 aliphatic rings. The van der Waals surface area contributed by atoms with Gasteiger partial charge in [0.25, 0.3) is 0 Å². The van der Waals surface area contributed by atoms with E-state index in [9.17, 15) is 4.79 Å². The van der Waals surface area contributed by atoms with Gasteiger partial charge in [-0.05, 0) is 33.2 Å². The molecule has 1 aromatic rings. The summed E-state index contributed by atoms with van der Waals surface area (Å²) < 4.78 is 0. The van der Waals surface area contributed by atoms with Crippen LogP contribution in [0.5, 0.6) is 0 Å². The molecule has 1 fully saturated rings. The maximum atomic E-state index is 12.4. The molecule has 0 bridgehead atoms. The smallest absolute Gasteiger partial charge is 0.227 e. The van der Waals surface area contributed by atoms with Crippen molar-refractivity contribution in [2.75, 3.05) is 20.1 Å². The second-order valence-electron chi connectivity index (χ2n) is 5.23. The van der Waals surface area contributed by atoms with Crippen molar-refractivity contribution >= 4 is 17.2 Å². The zero-order chi connectivity index (χ0) is 14.0. The van der Waals surface area contributed by atoms with Crippen LogP contribution in [0.3, 0.4) is 0 Å². The van der Waals surface area contributed by atoms with Crippen molar-refractivity contribution in [2.24, 2.45) is 5.92 Å². The van der Waals surface area contributed by atoms with Crippen LogP contribution in [0.4, 0.5) is 0 Å². The average molecular weight is 281 g/mol. The number of nitrogens with zero attached hydrogens (tertiary/aromatic N) is 2. The lowest BCUT2D eigenvalue weighted by molar-refractivity contribution is -0.135. The first-order valence-corrected chi connectivity index (χ1v) is 7.79. The minimum Gasteiger partial charge on any atom is -0.338 e. The van der Waals surface area contributed by atoms with E-state index in [-0.39, 0.29) is 17.9 Å². The number of hydrogen-bond donors (Lipinski definition) is 1. The molecule has 0 aliphatic carbocycles. The second-order valence-corrected chi connectivity index (χ2v) is 6.34. The van der Waals surface area contributed by atoms with Crippen LogP contribution in [0.15, 0.2) is 0 Å². The molecule has 0 spiro atoms. The Morgan fingerprint density at radius 1 is 1.63 bits per heavy atom. The van der Waals surface area contributed by atoms with E-state index in [0.29, 0.717) is 0 Å². The third-order valence-corrected chi connectivity index (χ3v) is 5.37. The van der Waals surface area contributed by atoms with Crippen LogP contribution < -0.4 is 5.32 Å². The van der Waals surface area contributed by atoms with Crippen LogP contribution in [0, 0.1) is 12.8 Å². The van der Waals surface area contributed by atoms with E-state index in [1.807, 2.05) is 18.9 Å². The topological polar surface area (TPSA) is 45.2 Å². The van der Waals surface area contributed by atoms with Gasteiger partial charge in [-0.25, -0.2) is 4.98 Å². The van der Waals surface area contributed by atoms with E-state index in [1.165, 1.54) is 4.88 Å². The Labute approximate surface area is 119 Å². The highest BCUT2D eigenvalue weighted by Gasteiger charge is 2.29. The summed E-state index contributed by atoms with van der Waals surface area (Å²) >= 11 is 1.74. The molecule has 1 aliphatic heterocycles. The summed E-state index contributed by atoms with van der Waals surface area (Å²) in [4.78, 5) is 20.1. The molecule has 2 rings (SSSR count). The van der Waals surface area contributed by atoms with Crippen molar-refractivity contribution in [3.05, 3.63) is 15.6 Å². The first kappa shape index (κ1) is 14.5. The van der Waals surface area contributed by atoms with Gasteiger partial charge in [0.15, 0.2) is 0 Å². The predicted molar refractivity (Wildman–Crippen MR) is 78.4 cm³/mol. The minimum absolute atomic E-state index is 0.117. The number of thiazole rings is 1.